The van der Waals surface area contributed by atoms with Gasteiger partial charge in [0.05, 0.1) is 5.52 Å². The Morgan fingerprint density at radius 3 is 2.33 bits per heavy atom. The highest BCUT2D eigenvalue weighted by Crippen LogP contribution is 2.31. The molecule has 0 bridgehead atoms. The van der Waals surface area contributed by atoms with Gasteiger partial charge in [0.1, 0.15) is 5.82 Å². The fourth-order valence-corrected chi connectivity index (χ4v) is 2.29. The predicted octanol–water partition coefficient (Wildman–Crippen LogP) is 3.91. The largest absolute Gasteiger partial charge is 0.322 e. The first-order valence-corrected chi connectivity index (χ1v) is 6.27. The third kappa shape index (κ3) is 2.05. The van der Waals surface area contributed by atoms with E-state index < -0.39 is 0 Å². The molecular formula is C15H18FNO. The molecule has 2 aromatic rings. The van der Waals surface area contributed by atoms with E-state index >= 15 is 0 Å². The monoisotopic (exact) mass is 247 g/mol. The highest BCUT2D eigenvalue weighted by atomic mass is 19.1. The van der Waals surface area contributed by atoms with Crippen molar-refractivity contribution in [3.63, 3.8) is 0 Å². The standard InChI is InChI=1S/C15H18FNO/c1-8(2)11-7-10-5-6-12(18)17-15(10)13(9(3)4)14(11)16/h5-9H,1-4H3,(H,17,18). The second kappa shape index (κ2) is 4.56. The maximum absolute atomic E-state index is 14.5. The van der Waals surface area contributed by atoms with Crippen LogP contribution >= 0.6 is 0 Å². The summed E-state index contributed by atoms with van der Waals surface area (Å²) >= 11 is 0. The van der Waals surface area contributed by atoms with Crippen LogP contribution < -0.4 is 5.56 Å². The molecule has 1 N–H and O–H groups in total. The van der Waals surface area contributed by atoms with Crippen LogP contribution in [0.3, 0.4) is 0 Å². The zero-order valence-corrected chi connectivity index (χ0v) is 11.2. The van der Waals surface area contributed by atoms with E-state index in [0.29, 0.717) is 16.6 Å². The van der Waals surface area contributed by atoms with Gasteiger partial charge in [-0.2, -0.15) is 0 Å². The smallest absolute Gasteiger partial charge is 0.248 e. The van der Waals surface area contributed by atoms with E-state index in [4.69, 9.17) is 0 Å². The fourth-order valence-electron chi connectivity index (χ4n) is 2.29. The Hall–Kier alpha value is -1.64. The van der Waals surface area contributed by atoms with Crippen molar-refractivity contribution >= 4 is 10.9 Å². The second-order valence-corrected chi connectivity index (χ2v) is 5.29. The van der Waals surface area contributed by atoms with E-state index in [-0.39, 0.29) is 23.2 Å². The Morgan fingerprint density at radius 2 is 1.78 bits per heavy atom. The molecule has 0 aliphatic heterocycles. The van der Waals surface area contributed by atoms with Crippen molar-refractivity contribution in [2.45, 2.75) is 39.5 Å². The minimum Gasteiger partial charge on any atom is -0.322 e. The molecule has 0 aliphatic carbocycles. The molecule has 1 aromatic heterocycles. The predicted molar refractivity (Wildman–Crippen MR) is 72.7 cm³/mol. The van der Waals surface area contributed by atoms with Crippen molar-refractivity contribution < 1.29 is 4.39 Å². The minimum absolute atomic E-state index is 0.0317. The Balaban J connectivity index is 2.92. The van der Waals surface area contributed by atoms with Gasteiger partial charge >= 0.3 is 0 Å². The van der Waals surface area contributed by atoms with Crippen molar-refractivity contribution in [1.29, 1.82) is 0 Å². The number of H-pyrrole nitrogens is 1. The molecule has 3 heteroatoms. The van der Waals surface area contributed by atoms with Gasteiger partial charge in [-0.1, -0.05) is 27.7 Å². The van der Waals surface area contributed by atoms with Gasteiger partial charge in [-0.3, -0.25) is 4.79 Å². The van der Waals surface area contributed by atoms with Crippen LogP contribution in [0.2, 0.25) is 0 Å². The Bertz CT molecular complexity index is 641. The average Bonchev–Trinajstić information content (AvgIpc) is 2.26. The van der Waals surface area contributed by atoms with Gasteiger partial charge in [-0.15, -0.1) is 0 Å². The number of hydrogen-bond donors (Lipinski definition) is 1. The van der Waals surface area contributed by atoms with E-state index in [1.807, 2.05) is 33.8 Å². The SMILES string of the molecule is CC(C)c1cc2ccc(=O)[nH]c2c(C(C)C)c1F. The normalized spacial score (nSPS) is 11.7. The fraction of sp³-hybridized carbons (Fsp3) is 0.400. The molecule has 0 atom stereocenters. The minimum atomic E-state index is -0.193. The Morgan fingerprint density at radius 1 is 1.11 bits per heavy atom. The summed E-state index contributed by atoms with van der Waals surface area (Å²) < 4.78 is 14.5. The quantitative estimate of drug-likeness (QED) is 0.857. The lowest BCUT2D eigenvalue weighted by Crippen LogP contribution is -2.08. The molecule has 0 radical (unpaired) electrons. The molecule has 2 rings (SSSR count). The van der Waals surface area contributed by atoms with Crippen LogP contribution in [0.1, 0.15) is 50.7 Å². The lowest BCUT2D eigenvalue weighted by Gasteiger charge is -2.16. The highest BCUT2D eigenvalue weighted by Gasteiger charge is 2.18. The van der Waals surface area contributed by atoms with Crippen LogP contribution in [-0.4, -0.2) is 4.98 Å². The zero-order valence-electron chi connectivity index (χ0n) is 11.2. The van der Waals surface area contributed by atoms with Crippen molar-refractivity contribution in [1.82, 2.24) is 4.98 Å². The van der Waals surface area contributed by atoms with Crippen LogP contribution in [0.15, 0.2) is 23.0 Å². The van der Waals surface area contributed by atoms with Gasteiger partial charge in [0.25, 0.3) is 0 Å². The molecule has 0 amide bonds. The third-order valence-electron chi connectivity index (χ3n) is 3.22. The van der Waals surface area contributed by atoms with Gasteiger partial charge in [0.2, 0.25) is 5.56 Å². The summed E-state index contributed by atoms with van der Waals surface area (Å²) in [6.45, 7) is 7.82. The summed E-state index contributed by atoms with van der Waals surface area (Å²) in [5.41, 5.74) is 1.74. The maximum atomic E-state index is 14.5. The first-order chi connectivity index (χ1) is 8.41. The number of aromatic amines is 1. The first kappa shape index (κ1) is 12.8. The molecule has 0 unspecified atom stereocenters. The highest BCUT2D eigenvalue weighted by molar-refractivity contribution is 5.83. The molecule has 1 heterocycles. The number of fused-ring (bicyclic) bond motifs is 1. The topological polar surface area (TPSA) is 32.9 Å². The van der Waals surface area contributed by atoms with Crippen molar-refractivity contribution in [3.8, 4) is 0 Å². The van der Waals surface area contributed by atoms with Gasteiger partial charge in [-0.05, 0) is 34.9 Å². The van der Waals surface area contributed by atoms with E-state index in [2.05, 4.69) is 4.98 Å². The summed E-state index contributed by atoms with van der Waals surface area (Å²) in [5.74, 6) is -0.0302. The van der Waals surface area contributed by atoms with Gasteiger partial charge in [0, 0.05) is 11.6 Å². The summed E-state index contributed by atoms with van der Waals surface area (Å²) in [4.78, 5) is 14.2. The number of nitrogens with one attached hydrogen (secondary N) is 1. The van der Waals surface area contributed by atoms with Crippen LogP contribution in [-0.2, 0) is 0 Å². The van der Waals surface area contributed by atoms with Gasteiger partial charge in [-0.25, -0.2) is 4.39 Å². The van der Waals surface area contributed by atoms with E-state index in [0.717, 1.165) is 5.39 Å². The number of benzene rings is 1. The third-order valence-corrected chi connectivity index (χ3v) is 3.22. The summed E-state index contributed by atoms with van der Waals surface area (Å²) in [5, 5.41) is 0.892. The molecule has 0 fully saturated rings. The van der Waals surface area contributed by atoms with Crippen molar-refractivity contribution in [3.05, 3.63) is 45.5 Å². The first-order valence-electron chi connectivity index (χ1n) is 6.27. The van der Waals surface area contributed by atoms with Crippen molar-refractivity contribution in [2.24, 2.45) is 0 Å². The molecule has 0 aliphatic rings. The molecular weight excluding hydrogens is 229 g/mol. The number of aromatic nitrogens is 1. The number of pyridine rings is 1. The molecule has 2 nitrogen and oxygen atoms in total. The summed E-state index contributed by atoms with van der Waals surface area (Å²) in [6, 6.07) is 5.07. The Kier molecular flexibility index (Phi) is 3.24. The van der Waals surface area contributed by atoms with Crippen LogP contribution in [0.25, 0.3) is 10.9 Å². The van der Waals surface area contributed by atoms with Gasteiger partial charge in [0.15, 0.2) is 0 Å². The number of rotatable bonds is 2. The summed E-state index contributed by atoms with van der Waals surface area (Å²) in [6.07, 6.45) is 0. The maximum Gasteiger partial charge on any atom is 0.248 e. The molecule has 96 valence electrons. The number of hydrogen-bond acceptors (Lipinski definition) is 1. The molecule has 1 aromatic carbocycles. The lowest BCUT2D eigenvalue weighted by molar-refractivity contribution is 0.575. The lowest BCUT2D eigenvalue weighted by atomic mass is 9.91. The average molecular weight is 247 g/mol. The van der Waals surface area contributed by atoms with E-state index in [9.17, 15) is 9.18 Å². The van der Waals surface area contributed by atoms with Gasteiger partial charge < -0.3 is 4.98 Å². The van der Waals surface area contributed by atoms with E-state index in [1.54, 1.807) is 6.07 Å². The van der Waals surface area contributed by atoms with Crippen molar-refractivity contribution in [2.75, 3.05) is 0 Å². The molecule has 0 saturated heterocycles. The van der Waals surface area contributed by atoms with E-state index in [1.165, 1.54) is 6.07 Å². The molecule has 0 saturated carbocycles. The number of halogens is 1. The zero-order chi connectivity index (χ0) is 13.4. The van der Waals surface area contributed by atoms with Crippen LogP contribution in [0, 0.1) is 5.82 Å². The van der Waals surface area contributed by atoms with Crippen LogP contribution in [0.5, 0.6) is 0 Å². The Labute approximate surface area is 106 Å². The summed E-state index contributed by atoms with van der Waals surface area (Å²) in [7, 11) is 0. The van der Waals surface area contributed by atoms with Crippen LogP contribution in [0.4, 0.5) is 4.39 Å². The molecule has 18 heavy (non-hydrogen) atoms. The second-order valence-electron chi connectivity index (χ2n) is 5.29. The molecule has 0 spiro atoms.